The Morgan fingerprint density at radius 3 is 2.50 bits per heavy atom. The Morgan fingerprint density at radius 2 is 1.90 bits per heavy atom. The Kier molecular flexibility index (Phi) is 8.12. The molecule has 2 aromatic rings. The molecule has 8 heteroatoms. The highest BCUT2D eigenvalue weighted by molar-refractivity contribution is 6.17. The number of rotatable bonds is 7. The number of anilines is 2. The molecule has 0 radical (unpaired) electrons. The number of halogens is 1. The average molecular weight is 429 g/mol. The molecule has 0 aliphatic carbocycles. The van der Waals surface area contributed by atoms with Crippen LogP contribution in [0, 0.1) is 13.8 Å². The van der Waals surface area contributed by atoms with Crippen LogP contribution in [0.4, 0.5) is 11.5 Å². The minimum absolute atomic E-state index is 0.136. The summed E-state index contributed by atoms with van der Waals surface area (Å²) in [7, 11) is 1.67. The van der Waals surface area contributed by atoms with Crippen molar-refractivity contribution in [3.63, 3.8) is 0 Å². The van der Waals surface area contributed by atoms with Crippen LogP contribution in [-0.2, 0) is 20.3 Å². The van der Waals surface area contributed by atoms with Crippen LogP contribution < -0.4 is 15.5 Å². The number of aryl methyl sites for hydroxylation is 1. The van der Waals surface area contributed by atoms with E-state index in [0.29, 0.717) is 17.3 Å². The molecule has 0 unspecified atom stereocenters. The van der Waals surface area contributed by atoms with Gasteiger partial charge in [0.05, 0.1) is 6.54 Å². The monoisotopic (exact) mass is 428 g/mol. The molecule has 0 fully saturated rings. The summed E-state index contributed by atoms with van der Waals surface area (Å²) in [4.78, 5) is 41.1. The molecule has 0 spiro atoms. The van der Waals surface area contributed by atoms with Crippen LogP contribution in [0.1, 0.15) is 29.2 Å². The van der Waals surface area contributed by atoms with E-state index in [9.17, 15) is 14.4 Å². The van der Waals surface area contributed by atoms with E-state index in [-0.39, 0.29) is 18.4 Å². The molecular formula is C22H25ClN4O3. The van der Waals surface area contributed by atoms with Crippen LogP contribution in [-0.4, -0.2) is 36.3 Å². The van der Waals surface area contributed by atoms with Crippen molar-refractivity contribution in [3.8, 4) is 0 Å². The Hall–Kier alpha value is -3.19. The molecule has 7 nitrogen and oxygen atoms in total. The summed E-state index contributed by atoms with van der Waals surface area (Å²) >= 11 is 6.02. The lowest BCUT2D eigenvalue weighted by atomic mass is 10.0. The van der Waals surface area contributed by atoms with Crippen LogP contribution >= 0.6 is 11.6 Å². The van der Waals surface area contributed by atoms with Gasteiger partial charge in [-0.2, -0.15) is 0 Å². The maximum Gasteiger partial charge on any atom is 0.246 e. The number of nitrogens with zero attached hydrogens (tertiary/aromatic N) is 2. The van der Waals surface area contributed by atoms with Crippen LogP contribution in [0.15, 0.2) is 36.5 Å². The fraction of sp³-hybridized carbons (Fsp3) is 0.273. The van der Waals surface area contributed by atoms with Crippen molar-refractivity contribution in [3.05, 3.63) is 58.8 Å². The predicted molar refractivity (Wildman–Crippen MR) is 119 cm³/mol. The maximum absolute atomic E-state index is 12.5. The molecule has 1 aromatic heterocycles. The maximum atomic E-state index is 12.5. The third-order valence-electron chi connectivity index (χ3n) is 4.60. The molecule has 2 N–H and O–H groups in total. The highest BCUT2D eigenvalue weighted by atomic mass is 35.5. The van der Waals surface area contributed by atoms with Crippen molar-refractivity contribution in [1.82, 2.24) is 10.3 Å². The van der Waals surface area contributed by atoms with E-state index in [1.54, 1.807) is 25.3 Å². The second-order valence-corrected chi connectivity index (χ2v) is 7.07. The van der Waals surface area contributed by atoms with Gasteiger partial charge < -0.3 is 15.5 Å². The summed E-state index contributed by atoms with van der Waals surface area (Å²) in [6.45, 7) is 5.17. The topological polar surface area (TPSA) is 91.4 Å². The molecule has 2 rings (SSSR count). The molecule has 30 heavy (non-hydrogen) atoms. The van der Waals surface area contributed by atoms with Gasteiger partial charge in [0.15, 0.2) is 0 Å². The SMILES string of the molecule is CC(=O)Nc1ccc(/C=C/C(=O)NCC(=O)N(C)c2ccc(C)c(CCl)c2C)cn1. The van der Waals surface area contributed by atoms with Gasteiger partial charge in [0.25, 0.3) is 0 Å². The lowest BCUT2D eigenvalue weighted by molar-refractivity contribution is -0.122. The number of alkyl halides is 1. The number of pyridine rings is 1. The van der Waals surface area contributed by atoms with Crippen LogP contribution in [0.2, 0.25) is 0 Å². The molecule has 0 atom stereocenters. The molecule has 1 aromatic carbocycles. The van der Waals surface area contributed by atoms with Crippen LogP contribution in [0.5, 0.6) is 0 Å². The Balaban J connectivity index is 1.93. The minimum atomic E-state index is -0.398. The van der Waals surface area contributed by atoms with Gasteiger partial charge in [-0.15, -0.1) is 11.6 Å². The normalized spacial score (nSPS) is 10.7. The van der Waals surface area contributed by atoms with Crippen molar-refractivity contribution in [2.45, 2.75) is 26.7 Å². The number of carbonyl (C=O) groups is 3. The van der Waals surface area contributed by atoms with E-state index in [4.69, 9.17) is 11.6 Å². The van der Waals surface area contributed by atoms with Crippen LogP contribution in [0.3, 0.4) is 0 Å². The number of aromatic nitrogens is 1. The van der Waals surface area contributed by atoms with Gasteiger partial charge in [-0.05, 0) is 60.4 Å². The summed E-state index contributed by atoms with van der Waals surface area (Å²) in [6, 6.07) is 7.15. The third kappa shape index (κ3) is 6.15. The van der Waals surface area contributed by atoms with Gasteiger partial charge in [-0.3, -0.25) is 14.4 Å². The summed E-state index contributed by atoms with van der Waals surface area (Å²) < 4.78 is 0. The Labute approximate surface area is 181 Å². The molecule has 158 valence electrons. The van der Waals surface area contributed by atoms with E-state index >= 15 is 0 Å². The van der Waals surface area contributed by atoms with Gasteiger partial charge in [0.1, 0.15) is 5.82 Å². The highest BCUT2D eigenvalue weighted by Gasteiger charge is 2.16. The lowest BCUT2D eigenvalue weighted by Crippen LogP contribution is -2.38. The van der Waals surface area contributed by atoms with E-state index in [0.717, 1.165) is 22.4 Å². The van der Waals surface area contributed by atoms with Gasteiger partial charge in [0, 0.05) is 37.8 Å². The quantitative estimate of drug-likeness (QED) is 0.523. The van der Waals surface area contributed by atoms with Crippen molar-refractivity contribution < 1.29 is 14.4 Å². The second kappa shape index (κ2) is 10.5. The van der Waals surface area contributed by atoms with Crippen LogP contribution in [0.25, 0.3) is 6.08 Å². The number of carbonyl (C=O) groups excluding carboxylic acids is 3. The van der Waals surface area contributed by atoms with Gasteiger partial charge in [0.2, 0.25) is 17.7 Å². The molecule has 0 aliphatic heterocycles. The van der Waals surface area contributed by atoms with Crippen molar-refractivity contribution in [1.29, 1.82) is 0 Å². The summed E-state index contributed by atoms with van der Waals surface area (Å²) in [5, 5.41) is 5.14. The number of amides is 3. The molecule has 3 amide bonds. The fourth-order valence-electron chi connectivity index (χ4n) is 2.85. The van der Waals surface area contributed by atoms with Crippen molar-refractivity contribution >= 4 is 46.9 Å². The van der Waals surface area contributed by atoms with Gasteiger partial charge in [-0.1, -0.05) is 6.07 Å². The number of benzene rings is 1. The Morgan fingerprint density at radius 1 is 1.17 bits per heavy atom. The summed E-state index contributed by atoms with van der Waals surface area (Å²) in [5.41, 5.74) is 4.47. The standard InChI is InChI=1S/C22H25ClN4O3/c1-14-5-8-19(15(2)18(14)11-23)27(4)22(30)13-25-21(29)10-7-17-6-9-20(24-12-17)26-16(3)28/h5-10,12H,11,13H2,1-4H3,(H,25,29)(H,24,26,28)/b10-7+. The summed E-state index contributed by atoms with van der Waals surface area (Å²) in [5.74, 6) is -0.0493. The zero-order valence-electron chi connectivity index (χ0n) is 17.5. The van der Waals surface area contributed by atoms with E-state index in [2.05, 4.69) is 15.6 Å². The number of hydrogen-bond donors (Lipinski definition) is 2. The van der Waals surface area contributed by atoms with E-state index in [1.807, 2.05) is 26.0 Å². The highest BCUT2D eigenvalue weighted by Crippen LogP contribution is 2.26. The largest absolute Gasteiger partial charge is 0.343 e. The van der Waals surface area contributed by atoms with Gasteiger partial charge >= 0.3 is 0 Å². The first-order valence-corrected chi connectivity index (χ1v) is 9.87. The number of hydrogen-bond acceptors (Lipinski definition) is 4. The average Bonchev–Trinajstić information content (AvgIpc) is 2.71. The molecule has 0 bridgehead atoms. The molecule has 0 saturated carbocycles. The predicted octanol–water partition coefficient (Wildman–Crippen LogP) is 3.19. The van der Waals surface area contributed by atoms with E-state index < -0.39 is 5.91 Å². The van der Waals surface area contributed by atoms with Gasteiger partial charge in [-0.25, -0.2) is 4.98 Å². The minimum Gasteiger partial charge on any atom is -0.343 e. The fourth-order valence-corrected chi connectivity index (χ4v) is 3.26. The second-order valence-electron chi connectivity index (χ2n) is 6.80. The zero-order valence-corrected chi connectivity index (χ0v) is 18.2. The number of likely N-dealkylation sites (N-methyl/N-ethyl adjacent to an activating group) is 1. The lowest BCUT2D eigenvalue weighted by Gasteiger charge is -2.22. The number of nitrogens with one attached hydrogen (secondary N) is 2. The molecular weight excluding hydrogens is 404 g/mol. The van der Waals surface area contributed by atoms with Crippen molar-refractivity contribution in [2.24, 2.45) is 0 Å². The van der Waals surface area contributed by atoms with Crippen molar-refractivity contribution in [2.75, 3.05) is 23.8 Å². The first kappa shape index (κ1) is 23.1. The zero-order chi connectivity index (χ0) is 22.3. The van der Waals surface area contributed by atoms with E-state index in [1.165, 1.54) is 24.1 Å². The molecule has 1 heterocycles. The Bertz CT molecular complexity index is 971. The first-order chi connectivity index (χ1) is 14.2. The smallest absolute Gasteiger partial charge is 0.246 e. The summed E-state index contributed by atoms with van der Waals surface area (Å²) in [6.07, 6.45) is 4.43. The first-order valence-electron chi connectivity index (χ1n) is 9.34. The third-order valence-corrected chi connectivity index (χ3v) is 4.87. The molecule has 0 saturated heterocycles. The molecule has 0 aliphatic rings.